The van der Waals surface area contributed by atoms with Crippen LogP contribution in [0.15, 0.2) is 11.6 Å². The van der Waals surface area contributed by atoms with E-state index in [2.05, 4.69) is 10.6 Å². The summed E-state index contributed by atoms with van der Waals surface area (Å²) in [5.74, 6) is -0.744. The Morgan fingerprint density at radius 2 is 1.72 bits per heavy atom. The van der Waals surface area contributed by atoms with E-state index in [9.17, 15) is 9.59 Å². The summed E-state index contributed by atoms with van der Waals surface area (Å²) in [4.78, 5) is 21.5. The molecule has 0 radical (unpaired) electrons. The number of rotatable bonds is 9. The number of carboxylic acids is 1. The first kappa shape index (κ1) is 16.5. The minimum Gasteiger partial charge on any atom is -0.481 e. The maximum Gasteiger partial charge on any atom is 0.315 e. The lowest BCUT2D eigenvalue weighted by Gasteiger charge is -2.05. The van der Waals surface area contributed by atoms with E-state index in [0.29, 0.717) is 19.5 Å². The zero-order chi connectivity index (χ0) is 13.8. The van der Waals surface area contributed by atoms with Gasteiger partial charge in [0.1, 0.15) is 0 Å². The SMILES string of the molecule is CC(C)=CCNC(=O)NCCCCCCC(=O)O. The number of aliphatic carboxylic acids is 1. The third kappa shape index (κ3) is 12.5. The van der Waals surface area contributed by atoms with Crippen LogP contribution in [0.2, 0.25) is 0 Å². The van der Waals surface area contributed by atoms with Crippen LogP contribution in [0, 0.1) is 0 Å². The highest BCUT2D eigenvalue weighted by Crippen LogP contribution is 2.01. The Kier molecular flexibility index (Phi) is 9.73. The average molecular weight is 256 g/mol. The second kappa shape index (κ2) is 10.6. The van der Waals surface area contributed by atoms with Crippen LogP contribution < -0.4 is 10.6 Å². The van der Waals surface area contributed by atoms with Crippen LogP contribution in [0.25, 0.3) is 0 Å². The molecule has 0 rings (SSSR count). The molecule has 3 N–H and O–H groups in total. The van der Waals surface area contributed by atoms with Crippen molar-refractivity contribution < 1.29 is 14.7 Å². The molecule has 0 unspecified atom stereocenters. The number of unbranched alkanes of at least 4 members (excludes halogenated alkanes) is 3. The highest BCUT2D eigenvalue weighted by atomic mass is 16.4. The first-order valence-electron chi connectivity index (χ1n) is 6.39. The summed E-state index contributed by atoms with van der Waals surface area (Å²) in [5.41, 5.74) is 1.17. The number of nitrogens with one attached hydrogen (secondary N) is 2. The summed E-state index contributed by atoms with van der Waals surface area (Å²) in [5, 5.41) is 13.9. The van der Waals surface area contributed by atoms with Crippen LogP contribution in [0.5, 0.6) is 0 Å². The van der Waals surface area contributed by atoms with Gasteiger partial charge in [0.25, 0.3) is 0 Å². The number of carboxylic acid groups (broad SMARTS) is 1. The summed E-state index contributed by atoms with van der Waals surface area (Å²) < 4.78 is 0. The normalized spacial score (nSPS) is 9.67. The van der Waals surface area contributed by atoms with Crippen LogP contribution in [0.3, 0.4) is 0 Å². The van der Waals surface area contributed by atoms with Gasteiger partial charge in [0.15, 0.2) is 0 Å². The van der Waals surface area contributed by atoms with Gasteiger partial charge in [-0.15, -0.1) is 0 Å². The van der Waals surface area contributed by atoms with Gasteiger partial charge in [0.2, 0.25) is 0 Å². The van der Waals surface area contributed by atoms with Gasteiger partial charge in [-0.2, -0.15) is 0 Å². The van der Waals surface area contributed by atoms with Crippen LogP contribution in [-0.4, -0.2) is 30.2 Å². The highest BCUT2D eigenvalue weighted by Gasteiger charge is 1.98. The molecule has 0 aliphatic heterocycles. The summed E-state index contributed by atoms with van der Waals surface area (Å²) in [7, 11) is 0. The van der Waals surface area contributed by atoms with E-state index < -0.39 is 5.97 Å². The van der Waals surface area contributed by atoms with Crippen molar-refractivity contribution in [3.8, 4) is 0 Å². The molecule has 0 atom stereocenters. The van der Waals surface area contributed by atoms with E-state index >= 15 is 0 Å². The van der Waals surface area contributed by atoms with Gasteiger partial charge in [-0.1, -0.05) is 24.5 Å². The number of allylic oxidation sites excluding steroid dienone is 1. The third-order valence-electron chi connectivity index (χ3n) is 2.38. The Hall–Kier alpha value is -1.52. The van der Waals surface area contributed by atoms with Gasteiger partial charge in [-0.25, -0.2) is 4.79 Å². The smallest absolute Gasteiger partial charge is 0.315 e. The maximum absolute atomic E-state index is 11.3. The van der Waals surface area contributed by atoms with Crippen molar-refractivity contribution in [3.05, 3.63) is 11.6 Å². The molecule has 2 amide bonds. The molecule has 104 valence electrons. The highest BCUT2D eigenvalue weighted by molar-refractivity contribution is 5.73. The van der Waals surface area contributed by atoms with E-state index in [1.165, 1.54) is 5.57 Å². The molecule has 0 aromatic carbocycles. The molecule has 0 aromatic heterocycles. The Morgan fingerprint density at radius 3 is 2.33 bits per heavy atom. The Bertz CT molecular complexity index is 284. The maximum atomic E-state index is 11.3. The molecular formula is C13H24N2O3. The lowest BCUT2D eigenvalue weighted by molar-refractivity contribution is -0.137. The van der Waals surface area contributed by atoms with Crippen molar-refractivity contribution >= 4 is 12.0 Å². The lowest BCUT2D eigenvalue weighted by atomic mass is 10.1. The first-order chi connectivity index (χ1) is 8.52. The van der Waals surface area contributed by atoms with Gasteiger partial charge < -0.3 is 15.7 Å². The number of urea groups is 1. The van der Waals surface area contributed by atoms with Crippen molar-refractivity contribution in [1.82, 2.24) is 10.6 Å². The largest absolute Gasteiger partial charge is 0.481 e. The molecule has 0 aliphatic carbocycles. The van der Waals surface area contributed by atoms with Crippen molar-refractivity contribution in [2.45, 2.75) is 46.0 Å². The lowest BCUT2D eigenvalue weighted by Crippen LogP contribution is -2.36. The van der Waals surface area contributed by atoms with E-state index in [1.54, 1.807) is 0 Å². The molecule has 0 heterocycles. The quantitative estimate of drug-likeness (QED) is 0.437. The number of carbonyl (C=O) groups is 2. The molecule has 18 heavy (non-hydrogen) atoms. The summed E-state index contributed by atoms with van der Waals surface area (Å²) in [6.07, 6.45) is 5.62. The fourth-order valence-corrected chi connectivity index (χ4v) is 1.37. The molecule has 0 bridgehead atoms. The van der Waals surface area contributed by atoms with Gasteiger partial charge in [-0.3, -0.25) is 4.79 Å². The average Bonchev–Trinajstić information content (AvgIpc) is 2.26. The molecule has 0 aromatic rings. The number of hydrogen-bond donors (Lipinski definition) is 3. The minimum absolute atomic E-state index is 0.155. The second-order valence-corrected chi connectivity index (χ2v) is 4.48. The monoisotopic (exact) mass is 256 g/mol. The number of carbonyl (C=O) groups excluding carboxylic acids is 1. The molecule has 0 spiro atoms. The Labute approximate surface area is 109 Å². The predicted molar refractivity (Wildman–Crippen MR) is 71.6 cm³/mol. The summed E-state index contributed by atoms with van der Waals surface area (Å²) in [6.45, 7) is 5.15. The number of hydrogen-bond acceptors (Lipinski definition) is 2. The Balaban J connectivity index is 3.30. The van der Waals surface area contributed by atoms with Crippen LogP contribution in [-0.2, 0) is 4.79 Å². The zero-order valence-corrected chi connectivity index (χ0v) is 11.3. The molecular weight excluding hydrogens is 232 g/mol. The van der Waals surface area contributed by atoms with E-state index in [-0.39, 0.29) is 12.5 Å². The zero-order valence-electron chi connectivity index (χ0n) is 11.3. The van der Waals surface area contributed by atoms with Crippen LogP contribution in [0.1, 0.15) is 46.0 Å². The van der Waals surface area contributed by atoms with Gasteiger partial charge in [-0.05, 0) is 26.7 Å². The molecule has 0 fully saturated rings. The number of amides is 2. The van der Waals surface area contributed by atoms with Gasteiger partial charge >= 0.3 is 12.0 Å². The minimum atomic E-state index is -0.744. The standard InChI is InChI=1S/C13H24N2O3/c1-11(2)8-10-15-13(18)14-9-6-4-3-5-7-12(16)17/h8H,3-7,9-10H2,1-2H3,(H,16,17)(H2,14,15,18). The van der Waals surface area contributed by atoms with Crippen molar-refractivity contribution in [2.24, 2.45) is 0 Å². The molecule has 0 aliphatic rings. The van der Waals surface area contributed by atoms with Crippen LogP contribution >= 0.6 is 0 Å². The predicted octanol–water partition coefficient (Wildman–Crippen LogP) is 2.29. The third-order valence-corrected chi connectivity index (χ3v) is 2.38. The van der Waals surface area contributed by atoms with Crippen LogP contribution in [0.4, 0.5) is 4.79 Å². The fourth-order valence-electron chi connectivity index (χ4n) is 1.37. The van der Waals surface area contributed by atoms with Crippen molar-refractivity contribution in [1.29, 1.82) is 0 Å². The van der Waals surface area contributed by atoms with Gasteiger partial charge in [0.05, 0.1) is 0 Å². The molecule has 5 heteroatoms. The topological polar surface area (TPSA) is 78.4 Å². The molecule has 5 nitrogen and oxygen atoms in total. The fraction of sp³-hybridized carbons (Fsp3) is 0.692. The van der Waals surface area contributed by atoms with Crippen molar-refractivity contribution in [3.63, 3.8) is 0 Å². The van der Waals surface area contributed by atoms with Crippen molar-refractivity contribution in [2.75, 3.05) is 13.1 Å². The van der Waals surface area contributed by atoms with E-state index in [0.717, 1.165) is 19.3 Å². The Morgan fingerprint density at radius 1 is 1.06 bits per heavy atom. The van der Waals surface area contributed by atoms with Gasteiger partial charge in [0, 0.05) is 19.5 Å². The van der Waals surface area contributed by atoms with E-state index in [1.807, 2.05) is 19.9 Å². The van der Waals surface area contributed by atoms with E-state index in [4.69, 9.17) is 5.11 Å². The molecule has 0 saturated carbocycles. The second-order valence-electron chi connectivity index (χ2n) is 4.48. The summed E-state index contributed by atoms with van der Waals surface area (Å²) >= 11 is 0. The summed E-state index contributed by atoms with van der Waals surface area (Å²) in [6, 6.07) is -0.155. The first-order valence-corrected chi connectivity index (χ1v) is 6.39. The molecule has 0 saturated heterocycles.